The fraction of sp³-hybridized carbons (Fsp3) is 0.364. The summed E-state index contributed by atoms with van der Waals surface area (Å²) in [5.41, 5.74) is 2.97. The maximum absolute atomic E-state index is 4.33. The highest BCUT2D eigenvalue weighted by molar-refractivity contribution is 8.00. The van der Waals surface area contributed by atoms with Gasteiger partial charge in [-0.2, -0.15) is 0 Å². The Morgan fingerprint density at radius 3 is 3.12 bits per heavy atom. The van der Waals surface area contributed by atoms with E-state index in [0.29, 0.717) is 6.04 Å². The van der Waals surface area contributed by atoms with Gasteiger partial charge in [-0.15, -0.1) is 10.2 Å². The van der Waals surface area contributed by atoms with Crippen LogP contribution in [0.4, 0.5) is 0 Å². The zero-order valence-corrected chi connectivity index (χ0v) is 11.4. The largest absolute Gasteiger partial charge is 0.310 e. The van der Waals surface area contributed by atoms with E-state index in [2.05, 4.69) is 40.4 Å². The minimum atomic E-state index is 0.344. The quantitative estimate of drug-likeness (QED) is 0.902. The Morgan fingerprint density at radius 2 is 2.41 bits per heavy atom. The number of hydrogen-bond donors (Lipinski definition) is 1. The highest BCUT2D eigenvalue weighted by Gasteiger charge is 2.07. The molecule has 2 aromatic heterocycles. The number of pyridine rings is 1. The van der Waals surface area contributed by atoms with Gasteiger partial charge in [0.05, 0.1) is 0 Å². The second-order valence-electron chi connectivity index (χ2n) is 3.51. The summed E-state index contributed by atoms with van der Waals surface area (Å²) in [4.78, 5) is 4.33. The molecule has 4 nitrogen and oxygen atoms in total. The van der Waals surface area contributed by atoms with Crippen molar-refractivity contribution in [3.05, 3.63) is 29.4 Å². The monoisotopic (exact) mass is 266 g/mol. The highest BCUT2D eigenvalue weighted by atomic mass is 32.2. The molecule has 0 aliphatic heterocycles. The summed E-state index contributed by atoms with van der Waals surface area (Å²) in [5.74, 6) is 0. The van der Waals surface area contributed by atoms with Crippen molar-refractivity contribution in [2.75, 3.05) is 6.54 Å². The molecule has 2 rings (SSSR count). The summed E-state index contributed by atoms with van der Waals surface area (Å²) in [5, 5.41) is 12.2. The van der Waals surface area contributed by atoms with Crippen LogP contribution in [0.3, 0.4) is 0 Å². The van der Waals surface area contributed by atoms with Crippen LogP contribution in [0, 0.1) is 0 Å². The number of rotatable bonds is 5. The smallest absolute Gasteiger partial charge is 0.180 e. The van der Waals surface area contributed by atoms with Crippen LogP contribution in [-0.2, 0) is 0 Å². The van der Waals surface area contributed by atoms with Gasteiger partial charge in [0, 0.05) is 12.2 Å². The molecule has 2 heterocycles. The summed E-state index contributed by atoms with van der Waals surface area (Å²) in [6.07, 6.45) is 1.84. The van der Waals surface area contributed by atoms with Gasteiger partial charge in [0.15, 0.2) is 4.34 Å². The molecule has 1 atom stereocenters. The lowest BCUT2D eigenvalue weighted by molar-refractivity contribution is 0.596. The van der Waals surface area contributed by atoms with Crippen molar-refractivity contribution in [3.63, 3.8) is 0 Å². The van der Waals surface area contributed by atoms with Crippen molar-refractivity contribution < 1.29 is 0 Å². The molecular formula is C11H14N4S2. The van der Waals surface area contributed by atoms with E-state index < -0.39 is 0 Å². The van der Waals surface area contributed by atoms with Crippen LogP contribution in [0.2, 0.25) is 0 Å². The number of nitrogens with zero attached hydrogens (tertiary/aromatic N) is 3. The van der Waals surface area contributed by atoms with Gasteiger partial charge in [-0.3, -0.25) is 0 Å². The van der Waals surface area contributed by atoms with Crippen LogP contribution in [0.1, 0.15) is 25.5 Å². The molecule has 1 N–H and O–H groups in total. The molecule has 0 fully saturated rings. The molecule has 0 amide bonds. The van der Waals surface area contributed by atoms with Gasteiger partial charge in [0.2, 0.25) is 0 Å². The third-order valence-electron chi connectivity index (χ3n) is 2.30. The molecule has 0 saturated carbocycles. The molecule has 0 spiro atoms. The maximum atomic E-state index is 4.33. The molecule has 0 aliphatic carbocycles. The zero-order valence-electron chi connectivity index (χ0n) is 9.75. The number of nitrogens with one attached hydrogen (secondary N) is 1. The van der Waals surface area contributed by atoms with E-state index in [1.807, 2.05) is 12.3 Å². The maximum Gasteiger partial charge on any atom is 0.180 e. The average Bonchev–Trinajstić information content (AvgIpc) is 2.82. The number of hydrogen-bond acceptors (Lipinski definition) is 6. The van der Waals surface area contributed by atoms with Gasteiger partial charge < -0.3 is 5.32 Å². The first-order valence-electron chi connectivity index (χ1n) is 5.43. The Labute approximate surface area is 109 Å². The minimum Gasteiger partial charge on any atom is -0.310 e. The second-order valence-corrected chi connectivity index (χ2v) is 5.61. The van der Waals surface area contributed by atoms with Crippen molar-refractivity contribution >= 4 is 23.1 Å². The lowest BCUT2D eigenvalue weighted by Crippen LogP contribution is -2.17. The standard InChI is InChI=1S/C11H14N4S2/c1-3-12-8(2)9-4-5-13-10(6-9)17-11-15-14-7-16-11/h4-8,12H,3H2,1-2H3. The van der Waals surface area contributed by atoms with Crippen molar-refractivity contribution in [2.24, 2.45) is 0 Å². The lowest BCUT2D eigenvalue weighted by atomic mass is 10.1. The van der Waals surface area contributed by atoms with E-state index in [4.69, 9.17) is 0 Å². The fourth-order valence-corrected chi connectivity index (χ4v) is 2.90. The summed E-state index contributed by atoms with van der Waals surface area (Å²) in [6.45, 7) is 5.22. The van der Waals surface area contributed by atoms with Gasteiger partial charge in [-0.25, -0.2) is 4.98 Å². The number of aromatic nitrogens is 3. The molecule has 0 aromatic carbocycles. The molecular weight excluding hydrogens is 252 g/mol. The Balaban J connectivity index is 2.11. The Hall–Kier alpha value is -0.980. The molecule has 2 aromatic rings. The SMILES string of the molecule is CCNC(C)c1ccnc(Sc2nncs2)c1. The van der Waals surface area contributed by atoms with E-state index in [9.17, 15) is 0 Å². The molecule has 0 aliphatic rings. The molecule has 90 valence electrons. The topological polar surface area (TPSA) is 50.7 Å². The van der Waals surface area contributed by atoms with Gasteiger partial charge in [-0.1, -0.05) is 18.3 Å². The van der Waals surface area contributed by atoms with Crippen LogP contribution >= 0.6 is 23.1 Å². The summed E-state index contributed by atoms with van der Waals surface area (Å²) in [7, 11) is 0. The van der Waals surface area contributed by atoms with E-state index in [1.54, 1.807) is 17.3 Å². The fourth-order valence-electron chi connectivity index (χ4n) is 1.47. The second kappa shape index (κ2) is 6.09. The highest BCUT2D eigenvalue weighted by Crippen LogP contribution is 2.28. The Kier molecular flexibility index (Phi) is 4.47. The zero-order chi connectivity index (χ0) is 12.1. The predicted octanol–water partition coefficient (Wildman–Crippen LogP) is 2.75. The van der Waals surface area contributed by atoms with E-state index in [0.717, 1.165) is 15.9 Å². The Bertz CT molecular complexity index is 458. The molecule has 0 bridgehead atoms. The molecule has 1 unspecified atom stereocenters. The van der Waals surface area contributed by atoms with Crippen LogP contribution in [-0.4, -0.2) is 21.7 Å². The molecule has 0 saturated heterocycles. The van der Waals surface area contributed by atoms with E-state index in [1.165, 1.54) is 16.9 Å². The Morgan fingerprint density at radius 1 is 1.53 bits per heavy atom. The molecule has 6 heteroatoms. The first-order chi connectivity index (χ1) is 8.29. The third kappa shape index (κ3) is 3.49. The van der Waals surface area contributed by atoms with Gasteiger partial charge in [0.1, 0.15) is 10.5 Å². The van der Waals surface area contributed by atoms with Crippen LogP contribution in [0.15, 0.2) is 33.2 Å². The minimum absolute atomic E-state index is 0.344. The normalized spacial score (nSPS) is 12.6. The van der Waals surface area contributed by atoms with Crippen molar-refractivity contribution in [3.8, 4) is 0 Å². The van der Waals surface area contributed by atoms with Crippen molar-refractivity contribution in [1.82, 2.24) is 20.5 Å². The van der Waals surface area contributed by atoms with Crippen LogP contribution < -0.4 is 5.32 Å². The summed E-state index contributed by atoms with van der Waals surface area (Å²) >= 11 is 3.08. The molecule has 0 radical (unpaired) electrons. The summed E-state index contributed by atoms with van der Waals surface area (Å²) in [6, 6.07) is 4.48. The van der Waals surface area contributed by atoms with Crippen LogP contribution in [0.25, 0.3) is 0 Å². The van der Waals surface area contributed by atoms with E-state index >= 15 is 0 Å². The predicted molar refractivity (Wildman–Crippen MR) is 70.4 cm³/mol. The van der Waals surface area contributed by atoms with Crippen molar-refractivity contribution in [1.29, 1.82) is 0 Å². The van der Waals surface area contributed by atoms with Crippen LogP contribution in [0.5, 0.6) is 0 Å². The van der Waals surface area contributed by atoms with Gasteiger partial charge in [-0.05, 0) is 42.9 Å². The van der Waals surface area contributed by atoms with Gasteiger partial charge in [0.25, 0.3) is 0 Å². The summed E-state index contributed by atoms with van der Waals surface area (Å²) < 4.78 is 0.922. The average molecular weight is 266 g/mol. The van der Waals surface area contributed by atoms with Crippen molar-refractivity contribution in [2.45, 2.75) is 29.3 Å². The first kappa shape index (κ1) is 12.5. The lowest BCUT2D eigenvalue weighted by Gasteiger charge is -2.12. The van der Waals surface area contributed by atoms with E-state index in [-0.39, 0.29) is 0 Å². The first-order valence-corrected chi connectivity index (χ1v) is 7.12. The third-order valence-corrected chi connectivity index (χ3v) is 4.01. The molecule has 17 heavy (non-hydrogen) atoms. The van der Waals surface area contributed by atoms with Gasteiger partial charge >= 0.3 is 0 Å².